The van der Waals surface area contributed by atoms with Gasteiger partial charge in [0.15, 0.2) is 0 Å². The zero-order valence-electron chi connectivity index (χ0n) is 16.6. The molecule has 1 aliphatic rings. The van der Waals surface area contributed by atoms with Gasteiger partial charge in [0.2, 0.25) is 5.95 Å². The van der Waals surface area contributed by atoms with Crippen LogP contribution < -0.4 is 4.90 Å². The lowest BCUT2D eigenvalue weighted by molar-refractivity contribution is 0.0737. The number of amides is 1. The molecule has 150 valence electrons. The summed E-state index contributed by atoms with van der Waals surface area (Å²) >= 11 is 7.47. The first-order chi connectivity index (χ1) is 14.0. The summed E-state index contributed by atoms with van der Waals surface area (Å²) < 4.78 is 0. The molecule has 0 spiro atoms. The number of thiazole rings is 1. The molecule has 0 radical (unpaired) electrons. The van der Waals surface area contributed by atoms with Crippen molar-refractivity contribution in [3.05, 3.63) is 57.3 Å². The van der Waals surface area contributed by atoms with Crippen LogP contribution in [-0.2, 0) is 0 Å². The Morgan fingerprint density at radius 2 is 2.00 bits per heavy atom. The Kier molecular flexibility index (Phi) is 5.52. The summed E-state index contributed by atoms with van der Waals surface area (Å²) in [5.74, 6) is 0.658. The van der Waals surface area contributed by atoms with Gasteiger partial charge in [-0.15, -0.1) is 11.3 Å². The van der Waals surface area contributed by atoms with Crippen LogP contribution in [0.3, 0.4) is 0 Å². The van der Waals surface area contributed by atoms with Crippen LogP contribution in [0.4, 0.5) is 5.95 Å². The van der Waals surface area contributed by atoms with E-state index in [1.54, 1.807) is 5.51 Å². The maximum absolute atomic E-state index is 13.2. The molecule has 1 atom stereocenters. The summed E-state index contributed by atoms with van der Waals surface area (Å²) in [5.41, 5.74) is 5.29. The van der Waals surface area contributed by atoms with Crippen molar-refractivity contribution >= 4 is 34.8 Å². The average Bonchev–Trinajstić information content (AvgIpc) is 3.36. The molecule has 1 aromatic carbocycles. The fourth-order valence-corrected chi connectivity index (χ4v) is 4.52. The quantitative estimate of drug-likeness (QED) is 0.608. The second-order valence-electron chi connectivity index (χ2n) is 7.29. The third kappa shape index (κ3) is 3.84. The number of hydrogen-bond donors (Lipinski definition) is 0. The van der Waals surface area contributed by atoms with E-state index in [-0.39, 0.29) is 11.9 Å². The van der Waals surface area contributed by atoms with E-state index < -0.39 is 0 Å². The van der Waals surface area contributed by atoms with Crippen molar-refractivity contribution in [3.8, 4) is 11.1 Å². The van der Waals surface area contributed by atoms with E-state index in [2.05, 4.69) is 9.97 Å². The monoisotopic (exact) mass is 427 g/mol. The molecule has 0 bridgehead atoms. The van der Waals surface area contributed by atoms with E-state index in [9.17, 15) is 4.79 Å². The molecule has 0 unspecified atom stereocenters. The number of rotatable bonds is 4. The first-order valence-electron chi connectivity index (χ1n) is 9.47. The lowest BCUT2D eigenvalue weighted by Gasteiger charge is -2.26. The molecule has 3 heterocycles. The number of aromatic nitrogens is 3. The normalized spacial score (nSPS) is 16.3. The molecule has 0 N–H and O–H groups in total. The molecular formula is C21H22ClN5OS. The van der Waals surface area contributed by atoms with Crippen molar-refractivity contribution in [1.29, 1.82) is 0 Å². The maximum Gasteiger partial charge on any atom is 0.266 e. The molecule has 2 aromatic heterocycles. The van der Waals surface area contributed by atoms with Gasteiger partial charge in [-0.1, -0.05) is 23.7 Å². The van der Waals surface area contributed by atoms with Crippen molar-refractivity contribution in [2.45, 2.75) is 25.8 Å². The molecule has 1 fully saturated rings. The largest absolute Gasteiger partial charge is 0.347 e. The minimum atomic E-state index is -0.101. The van der Waals surface area contributed by atoms with Gasteiger partial charge in [0.05, 0.1) is 22.9 Å². The third-order valence-electron chi connectivity index (χ3n) is 5.13. The van der Waals surface area contributed by atoms with Crippen LogP contribution in [-0.4, -0.2) is 46.4 Å². The SMILES string of the molecule is Cc1ncsc1C(=O)N1CCC[C@@H]1c1nc(N(C)C)ncc1-c1ccc(Cl)cc1. The Bertz CT molecular complexity index is 1030. The number of hydrogen-bond acceptors (Lipinski definition) is 6. The van der Waals surface area contributed by atoms with E-state index in [4.69, 9.17) is 16.6 Å². The summed E-state index contributed by atoms with van der Waals surface area (Å²) in [5, 5.41) is 0.680. The standard InChI is InChI=1S/C21H22ClN5OS/c1-13-19(29-12-24-13)20(28)27-10-4-5-17(27)18-16(11-23-21(25-18)26(2)3)14-6-8-15(22)9-7-14/h6-9,11-12,17H,4-5,10H2,1-3H3/t17-/m1/s1. The predicted octanol–water partition coefficient (Wildman–Crippen LogP) is 4.61. The van der Waals surface area contributed by atoms with E-state index in [0.29, 0.717) is 22.4 Å². The van der Waals surface area contributed by atoms with E-state index in [1.807, 2.05) is 61.3 Å². The number of carbonyl (C=O) groups excluding carboxylic acids is 1. The first-order valence-corrected chi connectivity index (χ1v) is 10.7. The first kappa shape index (κ1) is 19.8. The Morgan fingerprint density at radius 1 is 1.24 bits per heavy atom. The molecule has 29 heavy (non-hydrogen) atoms. The minimum Gasteiger partial charge on any atom is -0.347 e. The van der Waals surface area contributed by atoms with Crippen molar-refractivity contribution in [2.24, 2.45) is 0 Å². The zero-order valence-corrected chi connectivity index (χ0v) is 18.2. The maximum atomic E-state index is 13.2. The highest BCUT2D eigenvalue weighted by Crippen LogP contribution is 2.38. The van der Waals surface area contributed by atoms with Crippen LogP contribution >= 0.6 is 22.9 Å². The molecule has 0 saturated carbocycles. The molecule has 0 aliphatic carbocycles. The fourth-order valence-electron chi connectivity index (χ4n) is 3.64. The van der Waals surface area contributed by atoms with Crippen LogP contribution in [0.1, 0.15) is 39.9 Å². The number of likely N-dealkylation sites (tertiary alicyclic amines) is 1. The summed E-state index contributed by atoms with van der Waals surface area (Å²) in [6.45, 7) is 2.59. The summed E-state index contributed by atoms with van der Waals surface area (Å²) in [6.07, 6.45) is 3.66. The number of halogens is 1. The highest BCUT2D eigenvalue weighted by atomic mass is 35.5. The number of benzene rings is 1. The fraction of sp³-hybridized carbons (Fsp3) is 0.333. The van der Waals surface area contributed by atoms with Crippen LogP contribution in [0, 0.1) is 6.92 Å². The molecular weight excluding hydrogens is 406 g/mol. The summed E-state index contributed by atoms with van der Waals surface area (Å²) in [4.78, 5) is 31.4. The van der Waals surface area contributed by atoms with Gasteiger partial charge in [-0.3, -0.25) is 4.79 Å². The molecule has 1 aliphatic heterocycles. The molecule has 6 nitrogen and oxygen atoms in total. The van der Waals surface area contributed by atoms with Gasteiger partial charge in [-0.2, -0.15) is 0 Å². The van der Waals surface area contributed by atoms with Crippen LogP contribution in [0.2, 0.25) is 5.02 Å². The number of carbonyl (C=O) groups is 1. The van der Waals surface area contributed by atoms with Gasteiger partial charge in [-0.05, 0) is 37.5 Å². The van der Waals surface area contributed by atoms with E-state index >= 15 is 0 Å². The van der Waals surface area contributed by atoms with Crippen LogP contribution in [0.15, 0.2) is 36.0 Å². The summed E-state index contributed by atoms with van der Waals surface area (Å²) in [6, 6.07) is 7.55. The lowest BCUT2D eigenvalue weighted by Crippen LogP contribution is -2.31. The third-order valence-corrected chi connectivity index (χ3v) is 6.30. The Hall–Kier alpha value is -2.51. The lowest BCUT2D eigenvalue weighted by atomic mass is 9.99. The predicted molar refractivity (Wildman–Crippen MR) is 117 cm³/mol. The van der Waals surface area contributed by atoms with Gasteiger partial charge >= 0.3 is 0 Å². The second-order valence-corrected chi connectivity index (χ2v) is 8.58. The molecule has 3 aromatic rings. The Balaban J connectivity index is 1.79. The Labute approximate surface area is 179 Å². The summed E-state index contributed by atoms with van der Waals surface area (Å²) in [7, 11) is 3.83. The van der Waals surface area contributed by atoms with Crippen LogP contribution in [0.25, 0.3) is 11.1 Å². The van der Waals surface area contributed by atoms with Crippen molar-refractivity contribution in [2.75, 3.05) is 25.5 Å². The van der Waals surface area contributed by atoms with Crippen molar-refractivity contribution in [1.82, 2.24) is 19.9 Å². The van der Waals surface area contributed by atoms with E-state index in [1.165, 1.54) is 11.3 Å². The number of anilines is 1. The van der Waals surface area contributed by atoms with Crippen molar-refractivity contribution in [3.63, 3.8) is 0 Å². The smallest absolute Gasteiger partial charge is 0.266 e. The number of aryl methyl sites for hydroxylation is 1. The van der Waals surface area contributed by atoms with Gasteiger partial charge in [0.1, 0.15) is 4.88 Å². The molecule has 1 amide bonds. The van der Waals surface area contributed by atoms with Crippen LogP contribution in [0.5, 0.6) is 0 Å². The van der Waals surface area contributed by atoms with Gasteiger partial charge in [0, 0.05) is 37.4 Å². The topological polar surface area (TPSA) is 62.2 Å². The van der Waals surface area contributed by atoms with Gasteiger partial charge < -0.3 is 9.80 Å². The highest BCUT2D eigenvalue weighted by molar-refractivity contribution is 7.11. The van der Waals surface area contributed by atoms with E-state index in [0.717, 1.165) is 35.4 Å². The number of nitrogens with zero attached hydrogens (tertiary/aromatic N) is 5. The average molecular weight is 428 g/mol. The Morgan fingerprint density at radius 3 is 2.66 bits per heavy atom. The zero-order chi connectivity index (χ0) is 20.5. The second kappa shape index (κ2) is 8.08. The molecule has 8 heteroatoms. The highest BCUT2D eigenvalue weighted by Gasteiger charge is 2.35. The minimum absolute atomic E-state index is 0.0274. The molecule has 4 rings (SSSR count). The van der Waals surface area contributed by atoms with Gasteiger partial charge in [0.25, 0.3) is 5.91 Å². The van der Waals surface area contributed by atoms with Gasteiger partial charge in [-0.25, -0.2) is 15.0 Å². The van der Waals surface area contributed by atoms with Crippen molar-refractivity contribution < 1.29 is 4.79 Å². The molecule has 1 saturated heterocycles.